The van der Waals surface area contributed by atoms with Gasteiger partial charge in [-0.15, -0.1) is 0 Å². The Hall–Kier alpha value is -3.95. The zero-order valence-electron chi connectivity index (χ0n) is 18.6. The van der Waals surface area contributed by atoms with Crippen molar-refractivity contribution in [3.63, 3.8) is 0 Å². The van der Waals surface area contributed by atoms with Gasteiger partial charge in [0.25, 0.3) is 0 Å². The zero-order chi connectivity index (χ0) is 25.8. The Balaban J connectivity index is 0.000000208. The maximum atomic E-state index is 8.52. The molecule has 0 aromatic heterocycles. The molecule has 0 aliphatic carbocycles. The summed E-state index contributed by atoms with van der Waals surface area (Å²) in [4.78, 5) is 7.84. The molecule has 14 nitrogen and oxygen atoms in total. The van der Waals surface area contributed by atoms with Gasteiger partial charge in [-0.2, -0.15) is 0 Å². The molecule has 0 spiro atoms. The van der Waals surface area contributed by atoms with Gasteiger partial charge in [0.15, 0.2) is 34.9 Å². The summed E-state index contributed by atoms with van der Waals surface area (Å²) in [6.07, 6.45) is 0. The third-order valence-electron chi connectivity index (χ3n) is 4.10. The van der Waals surface area contributed by atoms with Gasteiger partial charge in [-0.25, -0.2) is 9.98 Å². The summed E-state index contributed by atoms with van der Waals surface area (Å²) in [6, 6.07) is 11.3. The number of nitrogens with two attached hydrogens (primary N) is 4. The van der Waals surface area contributed by atoms with E-state index in [1.54, 1.807) is 0 Å². The van der Waals surface area contributed by atoms with Gasteiger partial charge >= 0.3 is 0 Å². The maximum Gasteiger partial charge on any atom is 0.186 e. The van der Waals surface area contributed by atoms with Crippen LogP contribution >= 0.6 is 0 Å². The van der Waals surface area contributed by atoms with Crippen LogP contribution in [0.4, 0.5) is 0 Å². The van der Waals surface area contributed by atoms with Gasteiger partial charge in [0.05, 0.1) is 13.1 Å². The summed E-state index contributed by atoms with van der Waals surface area (Å²) < 4.78 is 55.7. The first-order valence-corrected chi connectivity index (χ1v) is 11.4. The largest absolute Gasteiger partial charge is 0.759 e. The van der Waals surface area contributed by atoms with Crippen LogP contribution in [0.15, 0.2) is 46.4 Å². The molecule has 0 bridgehead atoms. The number of hydrogen-bond acceptors (Lipinski definition) is 10. The van der Waals surface area contributed by atoms with Crippen molar-refractivity contribution in [2.75, 3.05) is 26.4 Å². The van der Waals surface area contributed by atoms with Crippen molar-refractivity contribution < 1.29 is 36.5 Å². The highest BCUT2D eigenvalue weighted by Gasteiger charge is 2.12. The monoisotopic (exact) mass is 510 g/mol. The summed E-state index contributed by atoms with van der Waals surface area (Å²) in [5.41, 5.74) is 23.0. The highest BCUT2D eigenvalue weighted by atomic mass is 32.3. The van der Waals surface area contributed by atoms with Crippen LogP contribution in [0.3, 0.4) is 0 Å². The van der Waals surface area contributed by atoms with Gasteiger partial charge in [0.2, 0.25) is 0 Å². The Bertz CT molecular complexity index is 1060. The van der Waals surface area contributed by atoms with Crippen LogP contribution in [0.5, 0.6) is 23.0 Å². The van der Waals surface area contributed by atoms with Crippen molar-refractivity contribution in [3.05, 3.63) is 47.5 Å². The SMILES string of the molecule is NC(N)=NCc1ccc2c(c1)OCCO2.NC(N)=NCc1ccc2c(c1)OCCO2.O=S(=O)([O-])[O-]. The third-order valence-corrected chi connectivity index (χ3v) is 4.10. The minimum Gasteiger partial charge on any atom is -0.759 e. The van der Waals surface area contributed by atoms with Crippen LogP contribution in [-0.4, -0.2) is 55.9 Å². The summed E-state index contributed by atoms with van der Waals surface area (Å²) >= 11 is 0. The lowest BCUT2D eigenvalue weighted by molar-refractivity contribution is 0.171. The van der Waals surface area contributed by atoms with E-state index >= 15 is 0 Å². The summed E-state index contributed by atoms with van der Waals surface area (Å²) in [6.45, 7) is 3.27. The average Bonchev–Trinajstić information content (AvgIpc) is 2.80. The quantitative estimate of drug-likeness (QED) is 0.169. The predicted molar refractivity (Wildman–Crippen MR) is 124 cm³/mol. The molecule has 8 N–H and O–H groups in total. The molecule has 0 saturated heterocycles. The van der Waals surface area contributed by atoms with Crippen LogP contribution in [0.2, 0.25) is 0 Å². The number of hydrogen-bond donors (Lipinski definition) is 4. The molecule has 4 rings (SSSR count). The van der Waals surface area contributed by atoms with Crippen LogP contribution < -0.4 is 41.9 Å². The van der Waals surface area contributed by atoms with E-state index in [0.29, 0.717) is 39.5 Å². The number of rotatable bonds is 4. The Morgan fingerprint density at radius 1 is 0.686 bits per heavy atom. The van der Waals surface area contributed by atoms with Gasteiger partial charge in [-0.1, -0.05) is 12.1 Å². The molecular formula is C20H26N6O8S-2. The van der Waals surface area contributed by atoms with Gasteiger partial charge in [-0.05, 0) is 35.4 Å². The first-order valence-electron chi connectivity index (χ1n) is 10.1. The minimum absolute atomic E-state index is 0.0879. The number of nitrogens with zero attached hydrogens (tertiary/aromatic N) is 2. The van der Waals surface area contributed by atoms with E-state index in [9.17, 15) is 0 Å². The number of benzene rings is 2. The Morgan fingerprint density at radius 3 is 1.31 bits per heavy atom. The first-order chi connectivity index (χ1) is 16.5. The van der Waals surface area contributed by atoms with Crippen LogP contribution in [0.1, 0.15) is 11.1 Å². The minimum atomic E-state index is -5.17. The number of fused-ring (bicyclic) bond motifs is 2. The normalized spacial score (nSPS) is 13.1. The zero-order valence-corrected chi connectivity index (χ0v) is 19.4. The lowest BCUT2D eigenvalue weighted by Crippen LogP contribution is -2.22. The maximum absolute atomic E-state index is 8.52. The van der Waals surface area contributed by atoms with Crippen molar-refractivity contribution in [2.24, 2.45) is 32.9 Å². The number of guanidine groups is 2. The van der Waals surface area contributed by atoms with Crippen molar-refractivity contribution in [1.82, 2.24) is 0 Å². The van der Waals surface area contributed by atoms with E-state index in [-0.39, 0.29) is 11.9 Å². The highest BCUT2D eigenvalue weighted by Crippen LogP contribution is 2.31. The fraction of sp³-hybridized carbons (Fsp3) is 0.300. The topological polar surface area (TPSA) is 246 Å². The smallest absolute Gasteiger partial charge is 0.186 e. The standard InChI is InChI=1S/2C10H13N3O2.H2O4S/c2*11-10(12)13-6-7-1-2-8-9(5-7)15-4-3-14-8;1-5(2,3)4/h2*1-2,5H,3-4,6H2,(H4,11,12,13);(H2,1,2,3,4)/p-2. The molecule has 0 radical (unpaired) electrons. The molecule has 192 valence electrons. The molecule has 0 atom stereocenters. The lowest BCUT2D eigenvalue weighted by atomic mass is 10.2. The van der Waals surface area contributed by atoms with E-state index in [1.165, 1.54) is 0 Å². The van der Waals surface area contributed by atoms with Gasteiger partial charge < -0.3 is 51.0 Å². The number of ether oxygens (including phenoxy) is 4. The second kappa shape index (κ2) is 13.1. The lowest BCUT2D eigenvalue weighted by Gasteiger charge is -2.18. The van der Waals surface area contributed by atoms with Crippen LogP contribution in [0, 0.1) is 0 Å². The Labute approximate surface area is 202 Å². The predicted octanol–water partition coefficient (Wildman–Crippen LogP) is -0.876. The van der Waals surface area contributed by atoms with E-state index in [0.717, 1.165) is 34.1 Å². The van der Waals surface area contributed by atoms with Crippen LogP contribution in [-0.2, 0) is 23.5 Å². The second-order valence-corrected chi connectivity index (χ2v) is 7.66. The Kier molecular flexibility index (Phi) is 10.2. The van der Waals surface area contributed by atoms with Crippen molar-refractivity contribution in [2.45, 2.75) is 13.1 Å². The molecule has 35 heavy (non-hydrogen) atoms. The molecular weight excluding hydrogens is 484 g/mol. The summed E-state index contributed by atoms with van der Waals surface area (Å²) in [5.74, 6) is 3.23. The molecule has 2 aliphatic rings. The average molecular weight is 511 g/mol. The summed E-state index contributed by atoms with van der Waals surface area (Å²) in [5, 5.41) is 0. The molecule has 0 fully saturated rings. The fourth-order valence-electron chi connectivity index (χ4n) is 2.74. The Morgan fingerprint density at radius 2 is 1.00 bits per heavy atom. The molecule has 2 heterocycles. The third kappa shape index (κ3) is 11.1. The second-order valence-electron chi connectivity index (χ2n) is 6.85. The van der Waals surface area contributed by atoms with Crippen molar-refractivity contribution in [1.29, 1.82) is 0 Å². The molecule has 15 heteroatoms. The number of aliphatic imine (C=N–C) groups is 2. The van der Waals surface area contributed by atoms with Crippen molar-refractivity contribution in [3.8, 4) is 23.0 Å². The molecule has 0 unspecified atom stereocenters. The first kappa shape index (κ1) is 27.3. The molecule has 0 amide bonds. The molecule has 0 saturated carbocycles. The molecule has 2 aromatic rings. The van der Waals surface area contributed by atoms with Gasteiger partial charge in [0, 0.05) is 10.4 Å². The van der Waals surface area contributed by atoms with E-state index < -0.39 is 10.4 Å². The van der Waals surface area contributed by atoms with Gasteiger partial charge in [-0.3, -0.25) is 8.42 Å². The summed E-state index contributed by atoms with van der Waals surface area (Å²) in [7, 11) is -5.17. The van der Waals surface area contributed by atoms with Crippen LogP contribution in [0.25, 0.3) is 0 Å². The van der Waals surface area contributed by atoms with Crippen molar-refractivity contribution >= 4 is 22.3 Å². The fourth-order valence-corrected chi connectivity index (χ4v) is 2.74. The molecule has 2 aliphatic heterocycles. The molecule has 2 aromatic carbocycles. The van der Waals surface area contributed by atoms with E-state index in [1.807, 2.05) is 36.4 Å². The van der Waals surface area contributed by atoms with Gasteiger partial charge in [0.1, 0.15) is 26.4 Å². The van der Waals surface area contributed by atoms with E-state index in [2.05, 4.69) is 9.98 Å². The highest BCUT2D eigenvalue weighted by molar-refractivity contribution is 7.79. The van der Waals surface area contributed by atoms with E-state index in [4.69, 9.17) is 59.4 Å².